The lowest BCUT2D eigenvalue weighted by molar-refractivity contribution is -0.108. The van der Waals surface area contributed by atoms with Gasteiger partial charge in [-0.25, -0.2) is 0 Å². The second kappa shape index (κ2) is 5.54. The molecule has 1 unspecified atom stereocenters. The lowest BCUT2D eigenvalue weighted by Gasteiger charge is -2.16. The molecule has 0 saturated carbocycles. The van der Waals surface area contributed by atoms with E-state index in [2.05, 4.69) is 19.9 Å². The SMILES string of the molecule is Cc1ccc(SC(=O)C2=CCC(C)CC2)cc1. The molecule has 0 aliphatic heterocycles. The quantitative estimate of drug-likeness (QED) is 0.721. The number of carbonyl (C=O) groups is 1. The third-order valence-corrected chi connectivity index (χ3v) is 4.12. The zero-order chi connectivity index (χ0) is 12.3. The maximum absolute atomic E-state index is 12.1. The molecule has 1 aromatic rings. The minimum Gasteiger partial charge on any atom is -0.282 e. The van der Waals surface area contributed by atoms with Gasteiger partial charge in [0.1, 0.15) is 0 Å². The van der Waals surface area contributed by atoms with Crippen LogP contribution in [0.4, 0.5) is 0 Å². The van der Waals surface area contributed by atoms with Gasteiger partial charge >= 0.3 is 0 Å². The summed E-state index contributed by atoms with van der Waals surface area (Å²) in [7, 11) is 0. The molecule has 1 atom stereocenters. The number of rotatable bonds is 2. The standard InChI is InChI=1S/C15H18OS/c1-11-3-7-13(8-4-11)15(16)17-14-9-5-12(2)6-10-14/h5-7,9-11H,3-4,8H2,1-2H3. The molecule has 1 nitrogen and oxygen atoms in total. The fourth-order valence-electron chi connectivity index (χ4n) is 1.93. The molecule has 2 rings (SSSR count). The molecule has 17 heavy (non-hydrogen) atoms. The van der Waals surface area contributed by atoms with Crippen molar-refractivity contribution in [2.24, 2.45) is 5.92 Å². The third kappa shape index (κ3) is 3.47. The lowest BCUT2D eigenvalue weighted by atomic mass is 9.92. The van der Waals surface area contributed by atoms with Crippen LogP contribution in [0.1, 0.15) is 31.7 Å². The summed E-state index contributed by atoms with van der Waals surface area (Å²) in [6.45, 7) is 4.30. The van der Waals surface area contributed by atoms with Gasteiger partial charge in [0.25, 0.3) is 0 Å². The average molecular weight is 246 g/mol. The summed E-state index contributed by atoms with van der Waals surface area (Å²) in [6, 6.07) is 8.13. The highest BCUT2D eigenvalue weighted by Crippen LogP contribution is 2.29. The van der Waals surface area contributed by atoms with E-state index >= 15 is 0 Å². The van der Waals surface area contributed by atoms with Crippen LogP contribution >= 0.6 is 11.8 Å². The number of hydrogen-bond acceptors (Lipinski definition) is 2. The maximum atomic E-state index is 12.1. The number of aryl methyl sites for hydroxylation is 1. The second-order valence-electron chi connectivity index (χ2n) is 4.81. The molecule has 2 heteroatoms. The van der Waals surface area contributed by atoms with Crippen molar-refractivity contribution < 1.29 is 4.79 Å². The summed E-state index contributed by atoms with van der Waals surface area (Å²) in [4.78, 5) is 13.1. The normalized spacial score (nSPS) is 19.9. The van der Waals surface area contributed by atoms with Crippen molar-refractivity contribution in [3.63, 3.8) is 0 Å². The van der Waals surface area contributed by atoms with Crippen molar-refractivity contribution in [3.05, 3.63) is 41.5 Å². The summed E-state index contributed by atoms with van der Waals surface area (Å²) in [5.41, 5.74) is 2.24. The topological polar surface area (TPSA) is 17.1 Å². The molecular weight excluding hydrogens is 228 g/mol. The summed E-state index contributed by atoms with van der Waals surface area (Å²) in [5, 5.41) is 0.223. The van der Waals surface area contributed by atoms with Gasteiger partial charge in [-0.2, -0.15) is 0 Å². The highest BCUT2D eigenvalue weighted by molar-refractivity contribution is 8.14. The van der Waals surface area contributed by atoms with Crippen LogP contribution in [0.2, 0.25) is 0 Å². The predicted octanol–water partition coefficient (Wildman–Crippen LogP) is 4.36. The van der Waals surface area contributed by atoms with Crippen molar-refractivity contribution in [2.45, 2.75) is 38.0 Å². The molecule has 0 bridgehead atoms. The van der Waals surface area contributed by atoms with Gasteiger partial charge in [0.15, 0.2) is 0 Å². The minimum absolute atomic E-state index is 0.223. The zero-order valence-electron chi connectivity index (χ0n) is 10.4. The molecule has 0 radical (unpaired) electrons. The maximum Gasteiger partial charge on any atom is 0.219 e. The monoisotopic (exact) mass is 246 g/mol. The van der Waals surface area contributed by atoms with Gasteiger partial charge in [-0.05, 0) is 56.0 Å². The van der Waals surface area contributed by atoms with Crippen LogP contribution in [-0.2, 0) is 4.79 Å². The van der Waals surface area contributed by atoms with Crippen LogP contribution < -0.4 is 0 Å². The van der Waals surface area contributed by atoms with E-state index in [0.29, 0.717) is 0 Å². The Morgan fingerprint density at radius 3 is 2.59 bits per heavy atom. The fourth-order valence-corrected chi connectivity index (χ4v) is 2.73. The molecule has 1 aliphatic rings. The molecule has 0 fully saturated rings. The molecule has 1 aromatic carbocycles. The van der Waals surface area contributed by atoms with Crippen LogP contribution in [0.3, 0.4) is 0 Å². The summed E-state index contributed by atoms with van der Waals surface area (Å²) >= 11 is 1.35. The zero-order valence-corrected chi connectivity index (χ0v) is 11.2. The molecule has 0 spiro atoms. The molecular formula is C15H18OS. The van der Waals surface area contributed by atoms with Gasteiger partial charge in [0.2, 0.25) is 5.12 Å². The van der Waals surface area contributed by atoms with Crippen molar-refractivity contribution in [1.82, 2.24) is 0 Å². The molecule has 0 saturated heterocycles. The van der Waals surface area contributed by atoms with Crippen molar-refractivity contribution in [3.8, 4) is 0 Å². The molecule has 0 aromatic heterocycles. The molecule has 0 heterocycles. The van der Waals surface area contributed by atoms with E-state index in [1.165, 1.54) is 17.3 Å². The second-order valence-corrected chi connectivity index (χ2v) is 5.86. The van der Waals surface area contributed by atoms with Crippen LogP contribution in [0.25, 0.3) is 0 Å². The smallest absolute Gasteiger partial charge is 0.219 e. The van der Waals surface area contributed by atoms with Crippen molar-refractivity contribution >= 4 is 16.9 Å². The number of allylic oxidation sites excluding steroid dienone is 1. The summed E-state index contributed by atoms with van der Waals surface area (Å²) in [5.74, 6) is 0.732. The Balaban J connectivity index is 2.00. The summed E-state index contributed by atoms with van der Waals surface area (Å²) in [6.07, 6.45) is 5.26. The minimum atomic E-state index is 0.223. The molecule has 0 N–H and O–H groups in total. The number of thioether (sulfide) groups is 1. The first-order valence-corrected chi connectivity index (χ1v) is 6.94. The van der Waals surface area contributed by atoms with Gasteiger partial charge < -0.3 is 0 Å². The first kappa shape index (κ1) is 12.4. The van der Waals surface area contributed by atoms with Crippen LogP contribution in [0, 0.1) is 12.8 Å². The van der Waals surface area contributed by atoms with E-state index in [4.69, 9.17) is 0 Å². The van der Waals surface area contributed by atoms with Gasteiger partial charge in [0, 0.05) is 10.5 Å². The van der Waals surface area contributed by atoms with Gasteiger partial charge in [-0.3, -0.25) is 4.79 Å². The van der Waals surface area contributed by atoms with E-state index in [1.807, 2.05) is 24.3 Å². The fraction of sp³-hybridized carbons (Fsp3) is 0.400. The van der Waals surface area contributed by atoms with E-state index < -0.39 is 0 Å². The Morgan fingerprint density at radius 1 is 1.29 bits per heavy atom. The van der Waals surface area contributed by atoms with Crippen LogP contribution in [-0.4, -0.2) is 5.12 Å². The molecule has 0 amide bonds. The molecule has 1 aliphatic carbocycles. The highest BCUT2D eigenvalue weighted by atomic mass is 32.2. The molecule has 90 valence electrons. The van der Waals surface area contributed by atoms with Crippen LogP contribution in [0.5, 0.6) is 0 Å². The number of carbonyl (C=O) groups excluding carboxylic acids is 1. The van der Waals surface area contributed by atoms with E-state index in [0.717, 1.165) is 35.6 Å². The van der Waals surface area contributed by atoms with Crippen molar-refractivity contribution in [2.75, 3.05) is 0 Å². The Hall–Kier alpha value is -1.02. The first-order chi connectivity index (χ1) is 8.15. The Kier molecular flexibility index (Phi) is 4.06. The highest BCUT2D eigenvalue weighted by Gasteiger charge is 2.16. The largest absolute Gasteiger partial charge is 0.282 e. The Morgan fingerprint density at radius 2 is 2.00 bits per heavy atom. The predicted molar refractivity (Wildman–Crippen MR) is 73.1 cm³/mol. The summed E-state index contributed by atoms with van der Waals surface area (Å²) < 4.78 is 0. The Labute approximate surface area is 107 Å². The van der Waals surface area contributed by atoms with Gasteiger partial charge in [0.05, 0.1) is 0 Å². The van der Waals surface area contributed by atoms with Gasteiger partial charge in [-0.15, -0.1) is 0 Å². The van der Waals surface area contributed by atoms with E-state index in [-0.39, 0.29) is 5.12 Å². The Bertz CT molecular complexity index is 431. The number of hydrogen-bond donors (Lipinski definition) is 0. The average Bonchev–Trinajstić information content (AvgIpc) is 2.33. The van der Waals surface area contributed by atoms with E-state index in [1.54, 1.807) is 0 Å². The lowest BCUT2D eigenvalue weighted by Crippen LogP contribution is -2.06. The first-order valence-electron chi connectivity index (χ1n) is 6.13. The van der Waals surface area contributed by atoms with Crippen LogP contribution in [0.15, 0.2) is 40.8 Å². The number of benzene rings is 1. The van der Waals surface area contributed by atoms with Crippen molar-refractivity contribution in [1.29, 1.82) is 0 Å². The van der Waals surface area contributed by atoms with Gasteiger partial charge in [-0.1, -0.05) is 30.7 Å². The third-order valence-electron chi connectivity index (χ3n) is 3.17. The van der Waals surface area contributed by atoms with E-state index in [9.17, 15) is 4.79 Å².